The summed E-state index contributed by atoms with van der Waals surface area (Å²) in [6.07, 6.45) is 0.0290. The van der Waals surface area contributed by atoms with Gasteiger partial charge in [-0.05, 0) is 36.1 Å². The molecule has 4 amide bonds. The number of cyclic esters (lactones) is 1. The number of rotatable bonds is 5. The van der Waals surface area contributed by atoms with Crippen LogP contribution in [0.25, 0.3) is 10.8 Å². The highest BCUT2D eigenvalue weighted by Crippen LogP contribution is 2.26. The van der Waals surface area contributed by atoms with Crippen molar-refractivity contribution in [3.63, 3.8) is 0 Å². The quantitative estimate of drug-likeness (QED) is 0.573. The van der Waals surface area contributed by atoms with E-state index < -0.39 is 48.1 Å². The monoisotopic (exact) mass is 508 g/mol. The van der Waals surface area contributed by atoms with E-state index in [1.54, 1.807) is 12.1 Å². The van der Waals surface area contributed by atoms with Gasteiger partial charge in [0, 0.05) is 25.6 Å². The largest absolute Gasteiger partial charge is 0.433 e. The first-order valence-corrected chi connectivity index (χ1v) is 12.3. The third kappa shape index (κ3) is 4.74. The van der Waals surface area contributed by atoms with Gasteiger partial charge in [-0.15, -0.1) is 0 Å². The molecule has 5 rings (SSSR count). The van der Waals surface area contributed by atoms with Gasteiger partial charge in [0.1, 0.15) is 18.1 Å². The smallest absolute Gasteiger partial charge is 0.310 e. The Labute approximate surface area is 213 Å². The van der Waals surface area contributed by atoms with Crippen molar-refractivity contribution in [2.45, 2.75) is 56.5 Å². The average Bonchev–Trinajstić information content (AvgIpc) is 3.22. The van der Waals surface area contributed by atoms with Gasteiger partial charge in [-0.2, -0.15) is 0 Å². The van der Waals surface area contributed by atoms with E-state index in [4.69, 9.17) is 9.47 Å². The summed E-state index contributed by atoms with van der Waals surface area (Å²) in [5, 5.41) is 9.67. The van der Waals surface area contributed by atoms with Gasteiger partial charge in [0.25, 0.3) is 11.8 Å². The molecule has 2 aromatic rings. The average molecular weight is 509 g/mol. The molecule has 3 aliphatic rings. The minimum absolute atomic E-state index is 0.0494. The Morgan fingerprint density at radius 1 is 1.03 bits per heavy atom. The summed E-state index contributed by atoms with van der Waals surface area (Å²) in [6, 6.07) is 10.1. The Bertz CT molecular complexity index is 1260. The van der Waals surface area contributed by atoms with E-state index in [2.05, 4.69) is 10.6 Å². The molecule has 3 saturated heterocycles. The predicted octanol–water partition coefficient (Wildman–Crippen LogP) is 0.871. The van der Waals surface area contributed by atoms with Crippen molar-refractivity contribution in [1.82, 2.24) is 20.7 Å². The number of hydrogen-bond donors (Lipinski definition) is 2. The van der Waals surface area contributed by atoms with Crippen LogP contribution < -0.4 is 10.6 Å². The fraction of sp³-hybridized carbons (Fsp3) is 0.423. The summed E-state index contributed by atoms with van der Waals surface area (Å²) in [5.74, 6) is -2.27. The second-order valence-corrected chi connectivity index (χ2v) is 9.36. The van der Waals surface area contributed by atoms with Gasteiger partial charge in [0.05, 0.1) is 6.42 Å². The lowest BCUT2D eigenvalue weighted by molar-refractivity contribution is -0.177. The molecule has 11 nitrogen and oxygen atoms in total. The molecule has 0 aliphatic carbocycles. The van der Waals surface area contributed by atoms with Crippen LogP contribution in [0.4, 0.5) is 0 Å². The molecule has 4 atom stereocenters. The Kier molecular flexibility index (Phi) is 6.79. The Morgan fingerprint density at radius 2 is 1.81 bits per heavy atom. The molecular formula is C26H28N4O7. The molecule has 3 fully saturated rings. The summed E-state index contributed by atoms with van der Waals surface area (Å²) >= 11 is 0. The fourth-order valence-electron chi connectivity index (χ4n) is 5.21. The highest BCUT2D eigenvalue weighted by molar-refractivity contribution is 6.08. The van der Waals surface area contributed by atoms with E-state index in [1.165, 1.54) is 17.1 Å². The van der Waals surface area contributed by atoms with Crippen LogP contribution in [0.5, 0.6) is 0 Å². The number of fused-ring (bicyclic) bond motifs is 2. The number of amides is 4. The summed E-state index contributed by atoms with van der Waals surface area (Å²) in [6.45, 7) is 0.296. The first-order chi connectivity index (χ1) is 17.9. The molecule has 0 radical (unpaired) electrons. The number of carbonyl (C=O) groups excluding carboxylic acids is 5. The number of hydrogen-bond acceptors (Lipinski definition) is 7. The Balaban J connectivity index is 1.37. The second-order valence-electron chi connectivity index (χ2n) is 9.36. The van der Waals surface area contributed by atoms with E-state index >= 15 is 0 Å². The van der Waals surface area contributed by atoms with Gasteiger partial charge >= 0.3 is 5.97 Å². The van der Waals surface area contributed by atoms with Gasteiger partial charge in [0.15, 0.2) is 0 Å². The fourth-order valence-corrected chi connectivity index (χ4v) is 5.21. The van der Waals surface area contributed by atoms with Gasteiger partial charge < -0.3 is 20.1 Å². The van der Waals surface area contributed by atoms with Crippen molar-refractivity contribution in [3.05, 3.63) is 48.0 Å². The SMILES string of the molecule is COC1OC(=O)C[C@@H]1NC(=O)[C@@H]1CCCN2C(=O)CC[C@H](NC(=O)c3cccc4ccccc34)C(=O)N12. The number of methoxy groups -OCH3 is 1. The molecule has 3 aliphatic heterocycles. The highest BCUT2D eigenvalue weighted by atomic mass is 16.7. The lowest BCUT2D eigenvalue weighted by Gasteiger charge is -2.43. The third-order valence-electron chi connectivity index (χ3n) is 7.03. The summed E-state index contributed by atoms with van der Waals surface area (Å²) in [7, 11) is 1.37. The maximum atomic E-state index is 13.7. The molecule has 194 valence electrons. The molecule has 0 spiro atoms. The van der Waals surface area contributed by atoms with E-state index in [1.807, 2.05) is 30.3 Å². The predicted molar refractivity (Wildman–Crippen MR) is 129 cm³/mol. The zero-order valence-electron chi connectivity index (χ0n) is 20.3. The second kappa shape index (κ2) is 10.2. The highest BCUT2D eigenvalue weighted by Gasteiger charge is 2.46. The minimum Gasteiger partial charge on any atom is -0.433 e. The normalized spacial score (nSPS) is 25.9. The van der Waals surface area contributed by atoms with E-state index in [-0.39, 0.29) is 25.2 Å². The molecule has 0 bridgehead atoms. The van der Waals surface area contributed by atoms with Crippen LogP contribution in [-0.2, 0) is 28.7 Å². The third-order valence-corrected chi connectivity index (χ3v) is 7.03. The first-order valence-electron chi connectivity index (χ1n) is 12.3. The molecule has 2 N–H and O–H groups in total. The summed E-state index contributed by atoms with van der Waals surface area (Å²) in [5.41, 5.74) is 0.419. The number of nitrogens with one attached hydrogen (secondary N) is 2. The van der Waals surface area contributed by atoms with Gasteiger partial charge in [-0.1, -0.05) is 36.4 Å². The van der Waals surface area contributed by atoms with E-state index in [0.29, 0.717) is 24.9 Å². The molecule has 2 aromatic carbocycles. The van der Waals surface area contributed by atoms with Crippen molar-refractivity contribution < 1.29 is 33.4 Å². The van der Waals surface area contributed by atoms with E-state index in [0.717, 1.165) is 10.8 Å². The van der Waals surface area contributed by atoms with Gasteiger partial charge in [-0.3, -0.25) is 29.0 Å². The van der Waals surface area contributed by atoms with Crippen molar-refractivity contribution in [2.24, 2.45) is 0 Å². The Morgan fingerprint density at radius 3 is 2.62 bits per heavy atom. The number of esters is 1. The molecule has 37 heavy (non-hydrogen) atoms. The van der Waals surface area contributed by atoms with E-state index in [9.17, 15) is 24.0 Å². The maximum absolute atomic E-state index is 13.7. The number of hydrazine groups is 1. The van der Waals surface area contributed by atoms with Crippen molar-refractivity contribution in [1.29, 1.82) is 0 Å². The number of benzene rings is 2. The van der Waals surface area contributed by atoms with Gasteiger partial charge in [-0.25, -0.2) is 5.01 Å². The van der Waals surface area contributed by atoms with Gasteiger partial charge in [0.2, 0.25) is 18.1 Å². The zero-order chi connectivity index (χ0) is 26.1. The summed E-state index contributed by atoms with van der Waals surface area (Å²) < 4.78 is 10.2. The first kappa shape index (κ1) is 24.7. The standard InChI is InChI=1S/C26H28N4O7/c1-36-26-19(14-22(32)37-26)28-24(34)20-10-5-13-29-21(31)12-11-18(25(35)30(20)29)27-23(33)17-9-4-7-15-6-2-3-8-16(15)17/h2-4,6-9,18-20,26H,5,10-14H2,1H3,(H,27,33)(H,28,34)/t18-,19-,20-,26?/m0/s1. The molecule has 0 aromatic heterocycles. The molecule has 0 saturated carbocycles. The van der Waals surface area contributed by atoms with Crippen LogP contribution in [0.1, 0.15) is 42.5 Å². The van der Waals surface area contributed by atoms with Crippen molar-refractivity contribution in [3.8, 4) is 0 Å². The Hall–Kier alpha value is -3.99. The van der Waals surface area contributed by atoms with Crippen LogP contribution in [0.2, 0.25) is 0 Å². The topological polar surface area (TPSA) is 134 Å². The summed E-state index contributed by atoms with van der Waals surface area (Å²) in [4.78, 5) is 64.9. The van der Waals surface area contributed by atoms with Crippen LogP contribution in [0, 0.1) is 0 Å². The number of ether oxygens (including phenoxy) is 2. The van der Waals surface area contributed by atoms with Crippen LogP contribution in [-0.4, -0.2) is 77.7 Å². The minimum atomic E-state index is -0.989. The van der Waals surface area contributed by atoms with Crippen LogP contribution in [0.15, 0.2) is 42.5 Å². The van der Waals surface area contributed by atoms with Crippen molar-refractivity contribution in [2.75, 3.05) is 13.7 Å². The molecule has 3 heterocycles. The lowest BCUT2D eigenvalue weighted by Crippen LogP contribution is -2.64. The maximum Gasteiger partial charge on any atom is 0.310 e. The number of carbonyl (C=O) groups is 5. The lowest BCUT2D eigenvalue weighted by atomic mass is 10.0. The van der Waals surface area contributed by atoms with Crippen LogP contribution in [0.3, 0.4) is 0 Å². The molecule has 1 unspecified atom stereocenters. The number of nitrogens with zero attached hydrogens (tertiary/aromatic N) is 2. The zero-order valence-corrected chi connectivity index (χ0v) is 20.3. The van der Waals surface area contributed by atoms with Crippen molar-refractivity contribution >= 4 is 40.4 Å². The molecule has 11 heteroatoms. The van der Waals surface area contributed by atoms with Crippen LogP contribution >= 0.6 is 0 Å². The molecular weight excluding hydrogens is 480 g/mol.